The van der Waals surface area contributed by atoms with Crippen LogP contribution >= 0.6 is 0 Å². The van der Waals surface area contributed by atoms with Gasteiger partial charge in [0.15, 0.2) is 0 Å². The van der Waals surface area contributed by atoms with E-state index in [9.17, 15) is 31.1 Å². The second-order valence-electron chi connectivity index (χ2n) is 12.3. The van der Waals surface area contributed by atoms with Crippen LogP contribution in [-0.4, -0.2) is 81.5 Å². The van der Waals surface area contributed by atoms with Gasteiger partial charge < -0.3 is 34.6 Å². The largest absolute Gasteiger partial charge is 0.497 e. The highest BCUT2D eigenvalue weighted by atomic mass is 19.4. The van der Waals surface area contributed by atoms with Crippen molar-refractivity contribution in [3.8, 4) is 34.0 Å². The zero-order valence-electron chi connectivity index (χ0n) is 29.6. The molecule has 0 bridgehead atoms. The summed E-state index contributed by atoms with van der Waals surface area (Å²) in [5.74, 6) is -1.73. The van der Waals surface area contributed by atoms with Gasteiger partial charge in [-0.3, -0.25) is 4.79 Å². The van der Waals surface area contributed by atoms with Crippen molar-refractivity contribution in [3.05, 3.63) is 107 Å². The smallest absolute Gasteiger partial charge is 0.416 e. The molecule has 1 atom stereocenters. The van der Waals surface area contributed by atoms with Crippen LogP contribution in [0.15, 0.2) is 90.5 Å². The number of halogens is 6. The number of benzene rings is 3. The topological polar surface area (TPSA) is 110 Å². The minimum absolute atomic E-state index is 0.0130. The molecule has 15 heteroatoms. The first-order chi connectivity index (χ1) is 25.8. The van der Waals surface area contributed by atoms with Crippen molar-refractivity contribution in [3.63, 3.8) is 0 Å². The molecule has 0 saturated carbocycles. The van der Waals surface area contributed by atoms with Crippen LogP contribution in [0.3, 0.4) is 0 Å². The maximum absolute atomic E-state index is 14.1. The first-order valence-electron chi connectivity index (χ1n) is 17.0. The Labute approximate surface area is 308 Å². The van der Waals surface area contributed by atoms with Crippen LogP contribution in [0.1, 0.15) is 28.2 Å². The predicted molar refractivity (Wildman–Crippen MR) is 191 cm³/mol. The SMILES string of the molecule is COc1ccc(-c2nc(C3=CC(C(F)(F)F)=CC(C(F)(F)F)C3)n(Cc3ccc(C(=O)NCCOCCOCCN)cc3)c2-c2ccc(OC)cc2)cc1. The number of methoxy groups -OCH3 is 2. The van der Waals surface area contributed by atoms with Gasteiger partial charge in [0.1, 0.15) is 17.3 Å². The molecule has 0 saturated heterocycles. The van der Waals surface area contributed by atoms with Crippen molar-refractivity contribution in [2.45, 2.75) is 25.3 Å². The first kappa shape index (κ1) is 40.1. The summed E-state index contributed by atoms with van der Waals surface area (Å²) in [5.41, 5.74) is 6.60. The second kappa shape index (κ2) is 17.8. The van der Waals surface area contributed by atoms with E-state index in [-0.39, 0.29) is 43.1 Å². The third-order valence-corrected chi connectivity index (χ3v) is 8.60. The molecule has 0 radical (unpaired) electrons. The molecule has 1 aromatic heterocycles. The number of nitrogens with two attached hydrogens (primary N) is 1. The highest BCUT2D eigenvalue weighted by Crippen LogP contribution is 2.45. The molecule has 288 valence electrons. The molecule has 9 nitrogen and oxygen atoms in total. The van der Waals surface area contributed by atoms with Crippen molar-refractivity contribution >= 4 is 11.5 Å². The lowest BCUT2D eigenvalue weighted by Gasteiger charge is -2.25. The number of rotatable bonds is 16. The summed E-state index contributed by atoms with van der Waals surface area (Å²) in [6.07, 6.45) is -9.77. The summed E-state index contributed by atoms with van der Waals surface area (Å²) in [6, 6.07) is 20.2. The molecule has 3 aromatic carbocycles. The zero-order chi connectivity index (χ0) is 38.9. The van der Waals surface area contributed by atoms with Crippen molar-refractivity contribution < 1.29 is 50.1 Å². The first-order valence-corrected chi connectivity index (χ1v) is 17.0. The Hall–Kier alpha value is -5.12. The Balaban J connectivity index is 1.55. The normalized spacial score (nSPS) is 14.7. The Morgan fingerprint density at radius 1 is 0.833 bits per heavy atom. The monoisotopic (exact) mass is 758 g/mol. The van der Waals surface area contributed by atoms with Gasteiger partial charge in [-0.1, -0.05) is 18.2 Å². The van der Waals surface area contributed by atoms with E-state index >= 15 is 0 Å². The predicted octanol–water partition coefficient (Wildman–Crippen LogP) is 7.46. The molecule has 1 unspecified atom stereocenters. The van der Waals surface area contributed by atoms with Gasteiger partial charge in [-0.05, 0) is 84.3 Å². The van der Waals surface area contributed by atoms with E-state index in [4.69, 9.17) is 29.7 Å². The molecule has 3 N–H and O–H groups in total. The van der Waals surface area contributed by atoms with Crippen molar-refractivity contribution in [2.24, 2.45) is 11.7 Å². The van der Waals surface area contributed by atoms with Gasteiger partial charge in [0.05, 0.1) is 63.5 Å². The van der Waals surface area contributed by atoms with Crippen molar-refractivity contribution in [1.82, 2.24) is 14.9 Å². The fourth-order valence-electron chi connectivity index (χ4n) is 5.88. The Kier molecular flexibility index (Phi) is 13.2. The number of amides is 1. The number of ether oxygens (including phenoxy) is 4. The van der Waals surface area contributed by atoms with Gasteiger partial charge >= 0.3 is 12.4 Å². The third kappa shape index (κ3) is 10.1. The number of carbonyl (C=O) groups is 1. The molecule has 1 aliphatic rings. The van der Waals surface area contributed by atoms with E-state index in [1.165, 1.54) is 14.2 Å². The average Bonchev–Trinajstić information content (AvgIpc) is 3.54. The van der Waals surface area contributed by atoms with Crippen LogP contribution < -0.4 is 20.5 Å². The quantitative estimate of drug-likeness (QED) is 0.0903. The molecule has 1 heterocycles. The lowest BCUT2D eigenvalue weighted by molar-refractivity contribution is -0.161. The van der Waals surface area contributed by atoms with Crippen LogP contribution in [0.2, 0.25) is 0 Å². The number of nitrogens with one attached hydrogen (secondary N) is 1. The number of nitrogens with zero attached hydrogens (tertiary/aromatic N) is 2. The van der Waals surface area contributed by atoms with E-state index in [0.717, 1.165) is 6.08 Å². The van der Waals surface area contributed by atoms with Gasteiger partial charge in [-0.15, -0.1) is 0 Å². The molecule has 5 rings (SSSR count). The molecular formula is C39H40F6N4O5. The molecule has 1 aliphatic carbocycles. The van der Waals surface area contributed by atoms with Crippen molar-refractivity contribution in [2.75, 3.05) is 53.7 Å². The Bertz CT molecular complexity index is 1920. The lowest BCUT2D eigenvalue weighted by Crippen LogP contribution is -2.27. The number of alkyl halides is 6. The van der Waals surface area contributed by atoms with Crippen LogP contribution in [0.4, 0.5) is 26.3 Å². The van der Waals surface area contributed by atoms with Crippen LogP contribution in [0.25, 0.3) is 28.1 Å². The summed E-state index contributed by atoms with van der Waals surface area (Å²) in [7, 11) is 2.99. The number of imidazole rings is 1. The number of aromatic nitrogens is 2. The highest BCUT2D eigenvalue weighted by Gasteiger charge is 2.45. The average molecular weight is 759 g/mol. The van der Waals surface area contributed by atoms with Gasteiger partial charge in [-0.2, -0.15) is 26.3 Å². The van der Waals surface area contributed by atoms with Crippen LogP contribution in [-0.2, 0) is 16.0 Å². The van der Waals surface area contributed by atoms with Gasteiger partial charge in [0.2, 0.25) is 0 Å². The van der Waals surface area contributed by atoms with Gasteiger partial charge in [0, 0.05) is 36.3 Å². The summed E-state index contributed by atoms with van der Waals surface area (Å²) in [4.78, 5) is 17.6. The van der Waals surface area contributed by atoms with E-state index in [1.54, 1.807) is 77.4 Å². The summed E-state index contributed by atoms with van der Waals surface area (Å²) < 4.78 is 108. The molecule has 1 amide bonds. The Morgan fingerprint density at radius 2 is 1.43 bits per heavy atom. The number of hydrogen-bond acceptors (Lipinski definition) is 7. The number of allylic oxidation sites excluding steroid dienone is 4. The molecular weight excluding hydrogens is 718 g/mol. The fourth-order valence-corrected chi connectivity index (χ4v) is 5.88. The summed E-state index contributed by atoms with van der Waals surface area (Å²) >= 11 is 0. The van der Waals surface area contributed by atoms with Crippen LogP contribution in [0, 0.1) is 5.92 Å². The molecule has 0 fully saturated rings. The maximum Gasteiger partial charge on any atom is 0.416 e. The van der Waals surface area contributed by atoms with Crippen LogP contribution in [0.5, 0.6) is 11.5 Å². The van der Waals surface area contributed by atoms with Gasteiger partial charge in [0.25, 0.3) is 5.91 Å². The standard InChI is InChI=1S/C39H40F6N4O5/c1-51-32-11-7-26(8-12-32)34-35(27-9-13-33(52-2)14-10-27)49(36(48-34)29-21-30(38(40,41)42)23-31(22-29)39(43,44)45)24-25-3-5-28(6-4-25)37(50)47-16-18-54-20-19-53-17-15-46/h3-14,21,23,31H,15-20,22,24,46H2,1-2H3,(H,47,50). The van der Waals surface area contributed by atoms with E-state index < -0.39 is 30.3 Å². The summed E-state index contributed by atoms with van der Waals surface area (Å²) in [5, 5.41) is 2.77. The third-order valence-electron chi connectivity index (χ3n) is 8.60. The second-order valence-corrected chi connectivity index (χ2v) is 12.3. The van der Waals surface area contributed by atoms with E-state index in [0.29, 0.717) is 71.5 Å². The molecule has 0 aliphatic heterocycles. The number of carbonyl (C=O) groups excluding carboxylic acids is 1. The highest BCUT2D eigenvalue weighted by molar-refractivity contribution is 5.94. The molecule has 0 spiro atoms. The van der Waals surface area contributed by atoms with Gasteiger partial charge in [-0.25, -0.2) is 4.98 Å². The lowest BCUT2D eigenvalue weighted by atomic mass is 9.89. The van der Waals surface area contributed by atoms with E-state index in [2.05, 4.69) is 5.32 Å². The van der Waals surface area contributed by atoms with Crippen molar-refractivity contribution in [1.29, 1.82) is 0 Å². The molecule has 54 heavy (non-hydrogen) atoms. The van der Waals surface area contributed by atoms with E-state index in [1.807, 2.05) is 0 Å². The maximum atomic E-state index is 14.1. The minimum atomic E-state index is -5.04. The number of hydrogen-bond donors (Lipinski definition) is 2. The fraction of sp³-hybridized carbons (Fsp3) is 0.333. The zero-order valence-corrected chi connectivity index (χ0v) is 29.6. The molecule has 4 aromatic rings. The minimum Gasteiger partial charge on any atom is -0.497 e. The summed E-state index contributed by atoms with van der Waals surface area (Å²) in [6.45, 7) is 2.07. The Morgan fingerprint density at radius 3 is 1.98 bits per heavy atom.